The van der Waals surface area contributed by atoms with Crippen LogP contribution in [-0.2, 0) is 28.7 Å². The predicted octanol–water partition coefficient (Wildman–Crippen LogP) is 8.36. The van der Waals surface area contributed by atoms with Gasteiger partial charge >= 0.3 is 35.8 Å². The average molecular weight is 450 g/mol. The molecular weight excluding hydrogens is 414 g/mol. The van der Waals surface area contributed by atoms with E-state index < -0.39 is 0 Å². The molecule has 0 saturated carbocycles. The Labute approximate surface area is 193 Å². The molecule has 1 heteroatoms. The molecule has 30 heavy (non-hydrogen) atoms. The molecule has 0 unspecified atom stereocenters. The van der Waals surface area contributed by atoms with Crippen LogP contribution in [0.2, 0.25) is 0 Å². The Balaban J connectivity index is 0.000000297. The van der Waals surface area contributed by atoms with Crippen LogP contribution in [0.3, 0.4) is 0 Å². The maximum absolute atomic E-state index is 2.99. The van der Waals surface area contributed by atoms with E-state index in [-0.39, 0.29) is 10.8 Å². The molecule has 3 aromatic carbocycles. The van der Waals surface area contributed by atoms with Crippen molar-refractivity contribution in [3.8, 4) is 0 Å². The van der Waals surface area contributed by atoms with Crippen LogP contribution in [0.15, 0.2) is 60.7 Å². The van der Waals surface area contributed by atoms with Gasteiger partial charge in [-0.25, -0.2) is 12.2 Å². The summed E-state index contributed by atoms with van der Waals surface area (Å²) in [6.45, 7) is 17.9. The Hall–Kier alpha value is -1.72. The van der Waals surface area contributed by atoms with Crippen LogP contribution < -0.4 is 0 Å². The largest absolute Gasteiger partial charge is 0.273 e. The number of hydrogen-bond acceptors (Lipinski definition) is 0. The summed E-state index contributed by atoms with van der Waals surface area (Å²) >= 11 is 1.35. The van der Waals surface area contributed by atoms with Crippen molar-refractivity contribution < 1.29 is 17.9 Å². The Morgan fingerprint density at radius 2 is 1.27 bits per heavy atom. The monoisotopic (exact) mass is 448 g/mol. The van der Waals surface area contributed by atoms with Gasteiger partial charge in [-0.3, -0.25) is 6.08 Å². The van der Waals surface area contributed by atoms with Gasteiger partial charge < -0.3 is 0 Å². The summed E-state index contributed by atoms with van der Waals surface area (Å²) in [4.78, 5) is 0. The van der Waals surface area contributed by atoms with Gasteiger partial charge in [0.2, 0.25) is 0 Å². The van der Waals surface area contributed by atoms with Gasteiger partial charge in [0.25, 0.3) is 0 Å². The third-order valence-corrected chi connectivity index (χ3v) is 5.03. The van der Waals surface area contributed by atoms with E-state index in [2.05, 4.69) is 110 Å². The van der Waals surface area contributed by atoms with E-state index in [0.29, 0.717) is 0 Å². The Morgan fingerprint density at radius 3 is 1.53 bits per heavy atom. The van der Waals surface area contributed by atoms with Gasteiger partial charge in [0, 0.05) is 0 Å². The van der Waals surface area contributed by atoms with Crippen molar-refractivity contribution in [1.82, 2.24) is 0 Å². The minimum atomic E-state index is 0.194. The minimum Gasteiger partial charge on any atom is -0.273 e. The first-order valence-corrected chi connectivity index (χ1v) is 12.4. The number of allylic oxidation sites excluding steroid dienone is 4. The second kappa shape index (κ2) is 10.1. The maximum Gasteiger partial charge on any atom is -0.109 e. The number of fused-ring (bicyclic) bond motifs is 3. The zero-order valence-corrected chi connectivity index (χ0v) is 23.2. The molecule has 1 aliphatic carbocycles. The SMILES string of the molecule is CC(C)(C)c1ccc2[cH-]c3ccc(C(C)(C)C)cc3c2c1.C[C](C)=[Zn].[C-]1=CC=CC1. The van der Waals surface area contributed by atoms with E-state index in [1.165, 1.54) is 50.5 Å². The van der Waals surface area contributed by atoms with Crippen molar-refractivity contribution >= 4 is 25.7 Å². The van der Waals surface area contributed by atoms with Gasteiger partial charge in [0.1, 0.15) is 0 Å². The third kappa shape index (κ3) is 6.92. The fourth-order valence-corrected chi connectivity index (χ4v) is 3.27. The molecule has 3 aromatic rings. The average Bonchev–Trinajstić information content (AvgIpc) is 3.30. The number of benzene rings is 2. The van der Waals surface area contributed by atoms with Crippen LogP contribution in [0.5, 0.6) is 0 Å². The molecule has 0 amide bonds. The molecule has 0 aromatic heterocycles. The number of hydrogen-bond donors (Lipinski definition) is 0. The standard InChI is InChI=1S/C21H25.C5H5.C3H6.Zn/c1-20(2,3)16-9-7-14-11-15-8-10-17(21(4,5)6)13-19(15)18(14)12-16;1-2-4-5-3-1;1-3-2;/h7-13H,1-6H3;1-3H,4H2;1-2H3;/q2*-1;;. The summed E-state index contributed by atoms with van der Waals surface area (Å²) in [6.07, 6.45) is 10.0. The van der Waals surface area contributed by atoms with E-state index in [0.717, 1.165) is 6.42 Å². The van der Waals surface area contributed by atoms with Crippen molar-refractivity contribution in [3.05, 3.63) is 77.9 Å². The summed E-state index contributed by atoms with van der Waals surface area (Å²) < 4.78 is 1.54. The summed E-state index contributed by atoms with van der Waals surface area (Å²) in [5, 5.41) is 5.49. The van der Waals surface area contributed by atoms with Crippen molar-refractivity contribution in [2.45, 2.75) is 72.6 Å². The molecule has 0 heterocycles. The first-order chi connectivity index (χ1) is 13.9. The second-order valence-electron chi connectivity index (χ2n) is 10.5. The Bertz CT molecular complexity index is 977. The third-order valence-electron chi connectivity index (χ3n) is 5.03. The molecule has 0 N–H and O–H groups in total. The smallest absolute Gasteiger partial charge is 0.109 e. The summed E-state index contributed by atoms with van der Waals surface area (Å²) in [5.74, 6) is 0. The first-order valence-electron chi connectivity index (χ1n) is 10.9. The van der Waals surface area contributed by atoms with Gasteiger partial charge in [-0.2, -0.15) is 6.08 Å². The Kier molecular flexibility index (Phi) is 8.23. The van der Waals surface area contributed by atoms with Crippen LogP contribution >= 0.6 is 0 Å². The van der Waals surface area contributed by atoms with Crippen LogP contribution in [0.25, 0.3) is 21.5 Å². The van der Waals surface area contributed by atoms with E-state index in [1.807, 2.05) is 12.2 Å². The summed E-state index contributed by atoms with van der Waals surface area (Å²) in [5.41, 5.74) is 3.20. The topological polar surface area (TPSA) is 0 Å². The van der Waals surface area contributed by atoms with Crippen LogP contribution in [0, 0.1) is 6.08 Å². The summed E-state index contributed by atoms with van der Waals surface area (Å²) in [7, 11) is 0. The predicted molar refractivity (Wildman–Crippen MR) is 132 cm³/mol. The normalized spacial score (nSPS) is 13.1. The zero-order valence-electron chi connectivity index (χ0n) is 20.2. The van der Waals surface area contributed by atoms with Crippen molar-refractivity contribution in [1.29, 1.82) is 0 Å². The molecule has 156 valence electrons. The minimum absolute atomic E-state index is 0.194. The van der Waals surface area contributed by atoms with Crippen LogP contribution in [0.4, 0.5) is 0 Å². The van der Waals surface area contributed by atoms with Gasteiger partial charge in [0.15, 0.2) is 0 Å². The van der Waals surface area contributed by atoms with Gasteiger partial charge in [-0.05, 0) is 10.8 Å². The van der Waals surface area contributed by atoms with Gasteiger partial charge in [-0.15, -0.1) is 46.2 Å². The fourth-order valence-electron chi connectivity index (χ4n) is 3.27. The molecule has 0 spiro atoms. The molecule has 0 aliphatic heterocycles. The van der Waals surface area contributed by atoms with Crippen molar-refractivity contribution in [2.24, 2.45) is 0 Å². The second-order valence-corrected chi connectivity index (χ2v) is 13.4. The van der Waals surface area contributed by atoms with Gasteiger partial charge in [-0.1, -0.05) is 76.9 Å². The van der Waals surface area contributed by atoms with E-state index in [9.17, 15) is 0 Å². The first kappa shape index (κ1) is 24.6. The van der Waals surface area contributed by atoms with Crippen molar-refractivity contribution in [3.63, 3.8) is 0 Å². The molecular formula is C29H36Zn-2. The molecule has 4 rings (SSSR count). The van der Waals surface area contributed by atoms with Crippen molar-refractivity contribution in [2.75, 3.05) is 0 Å². The van der Waals surface area contributed by atoms with E-state index >= 15 is 0 Å². The fraction of sp³-hybridized carbons (Fsp3) is 0.379. The molecule has 0 atom stereocenters. The van der Waals surface area contributed by atoms with Gasteiger partial charge in [0.05, 0.1) is 0 Å². The Morgan fingerprint density at radius 1 is 0.833 bits per heavy atom. The molecule has 1 aliphatic rings. The van der Waals surface area contributed by atoms with Crippen LogP contribution in [-0.4, -0.2) is 4.11 Å². The molecule has 0 saturated heterocycles. The maximum atomic E-state index is 2.99. The molecule has 0 nitrogen and oxygen atoms in total. The quantitative estimate of drug-likeness (QED) is 0.239. The molecule has 0 fully saturated rings. The molecule has 0 radical (unpaired) electrons. The van der Waals surface area contributed by atoms with E-state index in [4.69, 9.17) is 0 Å². The van der Waals surface area contributed by atoms with Crippen LogP contribution in [0.1, 0.15) is 72.9 Å². The summed E-state index contributed by atoms with van der Waals surface area (Å²) in [6, 6.07) is 16.1. The van der Waals surface area contributed by atoms with E-state index in [1.54, 1.807) is 4.11 Å². The zero-order chi connectivity index (χ0) is 22.5. The molecule has 0 bridgehead atoms. The number of rotatable bonds is 0.